The van der Waals surface area contributed by atoms with Crippen molar-refractivity contribution in [3.05, 3.63) is 12.7 Å². The molecule has 0 aliphatic carbocycles. The molecule has 0 rings (SSSR count). The van der Waals surface area contributed by atoms with Crippen molar-refractivity contribution in [2.24, 2.45) is 0 Å². The smallest absolute Gasteiger partial charge is 0.325 e. The van der Waals surface area contributed by atoms with Crippen molar-refractivity contribution in [1.82, 2.24) is 10.2 Å². The van der Waals surface area contributed by atoms with E-state index in [1.54, 1.807) is 6.08 Å². The quantitative estimate of drug-likeness (QED) is 0.672. The lowest BCUT2D eigenvalue weighted by Gasteiger charge is -2.26. The van der Waals surface area contributed by atoms with Crippen LogP contribution < -0.4 is 5.32 Å². The second-order valence-electron chi connectivity index (χ2n) is 3.54. The third kappa shape index (κ3) is 4.49. The van der Waals surface area contributed by atoms with E-state index < -0.39 is 12.0 Å². The number of urea groups is 1. The Kier molecular flexibility index (Phi) is 5.44. The molecule has 1 atom stereocenters. The van der Waals surface area contributed by atoms with E-state index in [1.807, 2.05) is 13.8 Å². The third-order valence-electron chi connectivity index (χ3n) is 1.92. The number of rotatable bonds is 5. The minimum absolute atomic E-state index is 0.00370. The summed E-state index contributed by atoms with van der Waals surface area (Å²) < 4.78 is 0. The van der Waals surface area contributed by atoms with Crippen molar-refractivity contribution in [2.75, 3.05) is 6.54 Å². The van der Waals surface area contributed by atoms with Gasteiger partial charge >= 0.3 is 12.0 Å². The molecule has 0 unspecified atom stereocenters. The fourth-order valence-corrected chi connectivity index (χ4v) is 0.997. The fourth-order valence-electron chi connectivity index (χ4n) is 0.997. The molecule has 0 aliphatic heterocycles. The maximum atomic E-state index is 11.6. The van der Waals surface area contributed by atoms with Crippen LogP contribution in [0.15, 0.2) is 12.7 Å². The van der Waals surface area contributed by atoms with E-state index in [-0.39, 0.29) is 12.1 Å². The van der Waals surface area contributed by atoms with E-state index in [9.17, 15) is 9.59 Å². The normalized spacial score (nSPS) is 12.0. The minimum Gasteiger partial charge on any atom is -0.480 e. The number of aliphatic carboxylic acids is 1. The Labute approximate surface area is 89.8 Å². The number of hydrogen-bond donors (Lipinski definition) is 2. The molecule has 86 valence electrons. The summed E-state index contributed by atoms with van der Waals surface area (Å²) in [4.78, 5) is 23.6. The molecule has 15 heavy (non-hydrogen) atoms. The maximum absolute atomic E-state index is 11.6. The molecule has 0 saturated heterocycles. The lowest BCUT2D eigenvalue weighted by Crippen LogP contribution is -2.49. The van der Waals surface area contributed by atoms with Gasteiger partial charge in [-0.3, -0.25) is 4.79 Å². The lowest BCUT2D eigenvalue weighted by atomic mass is 10.3. The Morgan fingerprint density at radius 1 is 1.47 bits per heavy atom. The van der Waals surface area contributed by atoms with Gasteiger partial charge in [0.2, 0.25) is 0 Å². The molecule has 0 spiro atoms. The summed E-state index contributed by atoms with van der Waals surface area (Å²) >= 11 is 0. The van der Waals surface area contributed by atoms with Crippen LogP contribution in [-0.4, -0.2) is 40.6 Å². The summed E-state index contributed by atoms with van der Waals surface area (Å²) in [6.07, 6.45) is 1.60. The number of carboxylic acid groups (broad SMARTS) is 1. The van der Waals surface area contributed by atoms with E-state index in [1.165, 1.54) is 11.8 Å². The third-order valence-corrected chi connectivity index (χ3v) is 1.92. The predicted octanol–water partition coefficient (Wildman–Crippen LogP) is 1.07. The Hall–Kier alpha value is -1.52. The summed E-state index contributed by atoms with van der Waals surface area (Å²) in [7, 11) is 0. The fraction of sp³-hybridized carbons (Fsp3) is 0.600. The topological polar surface area (TPSA) is 69.6 Å². The molecule has 0 aromatic carbocycles. The number of carbonyl (C=O) groups excluding carboxylic acids is 1. The van der Waals surface area contributed by atoms with Crippen molar-refractivity contribution in [2.45, 2.75) is 32.9 Å². The SMILES string of the molecule is C=CCN(C(=O)N[C@H](C)C(=O)O)C(C)C. The molecular formula is C10H18N2O3. The maximum Gasteiger partial charge on any atom is 0.325 e. The largest absolute Gasteiger partial charge is 0.480 e. The number of carbonyl (C=O) groups is 2. The second kappa shape index (κ2) is 6.06. The predicted molar refractivity (Wildman–Crippen MR) is 57.7 cm³/mol. The van der Waals surface area contributed by atoms with Gasteiger partial charge in [0.1, 0.15) is 6.04 Å². The molecule has 0 heterocycles. The highest BCUT2D eigenvalue weighted by Crippen LogP contribution is 1.99. The van der Waals surface area contributed by atoms with Gasteiger partial charge in [-0.2, -0.15) is 0 Å². The first-order valence-electron chi connectivity index (χ1n) is 4.81. The van der Waals surface area contributed by atoms with Gasteiger partial charge in [0.05, 0.1) is 0 Å². The van der Waals surface area contributed by atoms with Crippen LogP contribution in [0, 0.1) is 0 Å². The van der Waals surface area contributed by atoms with Crippen LogP contribution in [0.1, 0.15) is 20.8 Å². The Bertz CT molecular complexity index is 251. The highest BCUT2D eigenvalue weighted by Gasteiger charge is 2.20. The molecule has 0 saturated carbocycles. The summed E-state index contributed by atoms with van der Waals surface area (Å²) in [6, 6.07) is -1.27. The molecule has 0 bridgehead atoms. The first kappa shape index (κ1) is 13.5. The van der Waals surface area contributed by atoms with Crippen LogP contribution in [0.3, 0.4) is 0 Å². The molecule has 2 amide bonds. The van der Waals surface area contributed by atoms with Crippen molar-refractivity contribution >= 4 is 12.0 Å². The molecule has 0 aromatic heterocycles. The van der Waals surface area contributed by atoms with Crippen LogP contribution in [0.4, 0.5) is 4.79 Å². The average molecular weight is 214 g/mol. The highest BCUT2D eigenvalue weighted by molar-refractivity contribution is 5.82. The van der Waals surface area contributed by atoms with Gasteiger partial charge in [0.25, 0.3) is 0 Å². The molecule has 0 fully saturated rings. The zero-order chi connectivity index (χ0) is 12.0. The zero-order valence-corrected chi connectivity index (χ0v) is 9.36. The zero-order valence-electron chi connectivity index (χ0n) is 9.36. The van der Waals surface area contributed by atoms with Gasteiger partial charge < -0.3 is 15.3 Å². The van der Waals surface area contributed by atoms with Gasteiger partial charge in [-0.05, 0) is 20.8 Å². The molecular weight excluding hydrogens is 196 g/mol. The van der Waals surface area contributed by atoms with Crippen molar-refractivity contribution in [3.63, 3.8) is 0 Å². The van der Waals surface area contributed by atoms with E-state index in [0.717, 1.165) is 0 Å². The first-order valence-corrected chi connectivity index (χ1v) is 4.81. The van der Waals surface area contributed by atoms with Crippen molar-refractivity contribution < 1.29 is 14.7 Å². The van der Waals surface area contributed by atoms with Gasteiger partial charge in [-0.1, -0.05) is 6.08 Å². The molecule has 0 aliphatic rings. The van der Waals surface area contributed by atoms with Crippen LogP contribution in [0.25, 0.3) is 0 Å². The van der Waals surface area contributed by atoms with E-state index in [0.29, 0.717) is 6.54 Å². The lowest BCUT2D eigenvalue weighted by molar-refractivity contribution is -0.138. The standard InChI is InChI=1S/C10H18N2O3/c1-5-6-12(7(2)3)10(15)11-8(4)9(13)14/h5,7-8H,1,6H2,2-4H3,(H,11,15)(H,13,14)/t8-/m1/s1. The summed E-state index contributed by atoms with van der Waals surface area (Å²) in [5.74, 6) is -1.05. The van der Waals surface area contributed by atoms with Crippen LogP contribution in [0.5, 0.6) is 0 Å². The average Bonchev–Trinajstić information content (AvgIpc) is 2.12. The van der Waals surface area contributed by atoms with E-state index in [4.69, 9.17) is 5.11 Å². The number of amides is 2. The molecule has 5 heteroatoms. The van der Waals surface area contributed by atoms with Gasteiger partial charge in [0, 0.05) is 12.6 Å². The summed E-state index contributed by atoms with van der Waals surface area (Å²) in [5.41, 5.74) is 0. The molecule has 0 aromatic rings. The first-order chi connectivity index (χ1) is 6.90. The molecule has 0 radical (unpaired) electrons. The highest BCUT2D eigenvalue weighted by atomic mass is 16.4. The number of nitrogens with one attached hydrogen (secondary N) is 1. The van der Waals surface area contributed by atoms with Crippen molar-refractivity contribution in [1.29, 1.82) is 0 Å². The Balaban J connectivity index is 4.38. The van der Waals surface area contributed by atoms with Crippen LogP contribution >= 0.6 is 0 Å². The Morgan fingerprint density at radius 3 is 2.33 bits per heavy atom. The minimum atomic E-state index is -1.05. The Morgan fingerprint density at radius 2 is 2.00 bits per heavy atom. The van der Waals surface area contributed by atoms with Crippen molar-refractivity contribution in [3.8, 4) is 0 Å². The van der Waals surface area contributed by atoms with Gasteiger partial charge in [0.15, 0.2) is 0 Å². The second-order valence-corrected chi connectivity index (χ2v) is 3.54. The van der Waals surface area contributed by atoms with Gasteiger partial charge in [-0.15, -0.1) is 6.58 Å². The summed E-state index contributed by atoms with van der Waals surface area (Å²) in [6.45, 7) is 9.07. The van der Waals surface area contributed by atoms with Crippen LogP contribution in [-0.2, 0) is 4.79 Å². The molecule has 5 nitrogen and oxygen atoms in total. The number of hydrogen-bond acceptors (Lipinski definition) is 2. The van der Waals surface area contributed by atoms with E-state index in [2.05, 4.69) is 11.9 Å². The van der Waals surface area contributed by atoms with Crippen LogP contribution in [0.2, 0.25) is 0 Å². The number of nitrogens with zero attached hydrogens (tertiary/aromatic N) is 1. The van der Waals surface area contributed by atoms with E-state index >= 15 is 0 Å². The molecule has 2 N–H and O–H groups in total. The monoisotopic (exact) mass is 214 g/mol. The number of carboxylic acids is 1. The summed E-state index contributed by atoms with van der Waals surface area (Å²) in [5, 5.41) is 11.0. The van der Waals surface area contributed by atoms with Gasteiger partial charge in [-0.25, -0.2) is 4.79 Å².